The third kappa shape index (κ3) is 3.62. The number of ether oxygens (including phenoxy) is 3. The minimum atomic E-state index is -0.813. The van der Waals surface area contributed by atoms with Crippen LogP contribution in [0.25, 0.3) is 0 Å². The number of benzene rings is 1. The Morgan fingerprint density at radius 1 is 1.32 bits per heavy atom. The number of nitrogens with zero attached hydrogens (tertiary/aromatic N) is 1. The minimum absolute atomic E-state index is 0.0824. The molecule has 132 valence electrons. The summed E-state index contributed by atoms with van der Waals surface area (Å²) in [5.74, 6) is -0.337. The highest BCUT2D eigenvalue weighted by Gasteiger charge is 2.34. The summed E-state index contributed by atoms with van der Waals surface area (Å²) in [4.78, 5) is 34.6. The summed E-state index contributed by atoms with van der Waals surface area (Å²) in [6.45, 7) is 0.845. The summed E-state index contributed by atoms with van der Waals surface area (Å²) in [7, 11) is 0. The fourth-order valence-corrected chi connectivity index (χ4v) is 3.14. The average Bonchev–Trinajstić information content (AvgIpc) is 3.00. The summed E-state index contributed by atoms with van der Waals surface area (Å²) in [6, 6.07) is 4.96. The lowest BCUT2D eigenvalue weighted by molar-refractivity contribution is -0.481. The molecule has 0 saturated carbocycles. The molecule has 8 heteroatoms. The van der Waals surface area contributed by atoms with Crippen molar-refractivity contribution in [2.75, 3.05) is 13.3 Å². The van der Waals surface area contributed by atoms with Gasteiger partial charge in [0.2, 0.25) is 13.3 Å². The monoisotopic (exact) mass is 347 g/mol. The third-order valence-electron chi connectivity index (χ3n) is 4.15. The Kier molecular flexibility index (Phi) is 4.69. The number of allylic oxidation sites excluding steroid dienone is 1. The maximum Gasteiger partial charge on any atom is 0.307 e. The zero-order valence-corrected chi connectivity index (χ0v) is 13.6. The Balaban J connectivity index is 2.07. The second-order valence-electron chi connectivity index (χ2n) is 5.89. The van der Waals surface area contributed by atoms with E-state index < -0.39 is 23.4 Å². The molecular weight excluding hydrogens is 330 g/mol. The SMILES string of the molecule is CC(=O)OC1=C(C(C[N+](=O)[O-])c2ccc3c(c2)OCO3)C(=O)CCC1. The molecule has 25 heavy (non-hydrogen) atoms. The van der Waals surface area contributed by atoms with Gasteiger partial charge in [-0.1, -0.05) is 6.07 Å². The molecule has 0 saturated heterocycles. The molecule has 0 radical (unpaired) electrons. The number of carbonyl (C=O) groups excluding carboxylic acids is 2. The van der Waals surface area contributed by atoms with Crippen LogP contribution in [-0.2, 0) is 14.3 Å². The van der Waals surface area contributed by atoms with Gasteiger partial charge in [0.05, 0.1) is 5.92 Å². The van der Waals surface area contributed by atoms with E-state index in [4.69, 9.17) is 14.2 Å². The Morgan fingerprint density at radius 2 is 2.08 bits per heavy atom. The number of esters is 1. The molecule has 1 aliphatic heterocycles. The van der Waals surface area contributed by atoms with E-state index >= 15 is 0 Å². The van der Waals surface area contributed by atoms with Crippen molar-refractivity contribution < 1.29 is 28.7 Å². The Labute approximate surface area is 143 Å². The summed E-state index contributed by atoms with van der Waals surface area (Å²) in [6.07, 6.45) is 1.23. The number of hydrogen-bond acceptors (Lipinski definition) is 7. The average molecular weight is 347 g/mol. The number of nitro groups is 1. The molecule has 0 spiro atoms. The molecular formula is C17H17NO7. The molecule has 1 unspecified atom stereocenters. The second kappa shape index (κ2) is 6.92. The van der Waals surface area contributed by atoms with Gasteiger partial charge >= 0.3 is 5.97 Å². The van der Waals surface area contributed by atoms with E-state index in [0.29, 0.717) is 29.9 Å². The van der Waals surface area contributed by atoms with Gasteiger partial charge in [-0.3, -0.25) is 19.7 Å². The van der Waals surface area contributed by atoms with E-state index in [-0.39, 0.29) is 30.3 Å². The smallest absolute Gasteiger partial charge is 0.307 e. The molecule has 3 rings (SSSR count). The highest BCUT2D eigenvalue weighted by Crippen LogP contribution is 2.39. The van der Waals surface area contributed by atoms with Gasteiger partial charge in [0, 0.05) is 30.3 Å². The van der Waals surface area contributed by atoms with Crippen molar-refractivity contribution in [3.63, 3.8) is 0 Å². The zero-order chi connectivity index (χ0) is 18.0. The van der Waals surface area contributed by atoms with Gasteiger partial charge in [-0.25, -0.2) is 0 Å². The van der Waals surface area contributed by atoms with Crippen LogP contribution in [0.3, 0.4) is 0 Å². The molecule has 1 atom stereocenters. The molecule has 1 aromatic rings. The summed E-state index contributed by atoms with van der Waals surface area (Å²) >= 11 is 0. The van der Waals surface area contributed by atoms with Gasteiger partial charge in [0.25, 0.3) is 0 Å². The first-order chi connectivity index (χ1) is 12.0. The van der Waals surface area contributed by atoms with Gasteiger partial charge < -0.3 is 14.2 Å². The fourth-order valence-electron chi connectivity index (χ4n) is 3.14. The Bertz CT molecular complexity index is 768. The molecule has 1 heterocycles. The highest BCUT2D eigenvalue weighted by molar-refractivity contribution is 5.98. The number of ketones is 1. The molecule has 2 aliphatic rings. The van der Waals surface area contributed by atoms with Crippen molar-refractivity contribution in [2.24, 2.45) is 0 Å². The quantitative estimate of drug-likeness (QED) is 0.457. The molecule has 0 fully saturated rings. The van der Waals surface area contributed by atoms with Crippen molar-refractivity contribution in [1.29, 1.82) is 0 Å². The van der Waals surface area contributed by atoms with Gasteiger partial charge in [0.1, 0.15) is 5.76 Å². The van der Waals surface area contributed by atoms with Crippen LogP contribution in [-0.4, -0.2) is 30.0 Å². The summed E-state index contributed by atoms with van der Waals surface area (Å²) < 4.78 is 15.8. The van der Waals surface area contributed by atoms with Crippen LogP contribution in [0.4, 0.5) is 0 Å². The number of Topliss-reactive ketones (excluding diaryl/α,β-unsaturated/α-hetero) is 1. The normalized spacial score (nSPS) is 17.4. The highest BCUT2D eigenvalue weighted by atomic mass is 16.7. The zero-order valence-electron chi connectivity index (χ0n) is 13.6. The predicted octanol–water partition coefficient (Wildman–Crippen LogP) is 2.35. The van der Waals surface area contributed by atoms with Crippen LogP contribution in [0.2, 0.25) is 0 Å². The van der Waals surface area contributed by atoms with Gasteiger partial charge in [-0.15, -0.1) is 0 Å². The van der Waals surface area contributed by atoms with Crippen molar-refractivity contribution in [1.82, 2.24) is 0 Å². The first-order valence-corrected chi connectivity index (χ1v) is 7.91. The summed E-state index contributed by atoms with van der Waals surface area (Å²) in [5, 5.41) is 11.2. The van der Waals surface area contributed by atoms with E-state index in [1.165, 1.54) is 6.92 Å². The number of hydrogen-bond donors (Lipinski definition) is 0. The predicted molar refractivity (Wildman–Crippen MR) is 84.8 cm³/mol. The lowest BCUT2D eigenvalue weighted by Gasteiger charge is -2.23. The standard InChI is InChI=1S/C17H17NO7/c1-10(19)25-15-4-2-3-13(20)17(15)12(8-18(21)22)11-5-6-14-16(7-11)24-9-23-14/h5-7,12H,2-4,8-9H2,1H3. The van der Waals surface area contributed by atoms with Gasteiger partial charge in [-0.05, 0) is 24.1 Å². The Hall–Kier alpha value is -2.90. The summed E-state index contributed by atoms with van der Waals surface area (Å²) in [5.41, 5.74) is 0.757. The van der Waals surface area contributed by atoms with E-state index in [2.05, 4.69) is 0 Å². The van der Waals surface area contributed by atoms with Crippen molar-refractivity contribution >= 4 is 11.8 Å². The molecule has 8 nitrogen and oxygen atoms in total. The van der Waals surface area contributed by atoms with Gasteiger partial charge in [-0.2, -0.15) is 0 Å². The second-order valence-corrected chi connectivity index (χ2v) is 5.89. The maximum atomic E-state index is 12.5. The lowest BCUT2D eigenvalue weighted by Crippen LogP contribution is -2.25. The molecule has 1 aromatic carbocycles. The number of carbonyl (C=O) groups is 2. The van der Waals surface area contributed by atoms with Crippen molar-refractivity contribution in [3.8, 4) is 11.5 Å². The van der Waals surface area contributed by atoms with Crippen molar-refractivity contribution in [3.05, 3.63) is 45.2 Å². The van der Waals surface area contributed by atoms with Crippen LogP contribution >= 0.6 is 0 Å². The van der Waals surface area contributed by atoms with E-state index in [1.807, 2.05) is 0 Å². The van der Waals surface area contributed by atoms with Crippen LogP contribution in [0.5, 0.6) is 11.5 Å². The lowest BCUT2D eigenvalue weighted by atomic mass is 9.82. The van der Waals surface area contributed by atoms with Crippen LogP contribution in [0.1, 0.15) is 37.7 Å². The number of rotatable bonds is 5. The van der Waals surface area contributed by atoms with Gasteiger partial charge in [0.15, 0.2) is 17.3 Å². The largest absolute Gasteiger partial charge is 0.454 e. The minimum Gasteiger partial charge on any atom is -0.454 e. The van der Waals surface area contributed by atoms with Crippen LogP contribution < -0.4 is 9.47 Å². The topological polar surface area (TPSA) is 105 Å². The Morgan fingerprint density at radius 3 is 2.80 bits per heavy atom. The van der Waals surface area contributed by atoms with Crippen molar-refractivity contribution in [2.45, 2.75) is 32.1 Å². The molecule has 0 N–H and O–H groups in total. The van der Waals surface area contributed by atoms with Crippen LogP contribution in [0.15, 0.2) is 29.5 Å². The fraction of sp³-hybridized carbons (Fsp3) is 0.412. The molecule has 0 bridgehead atoms. The first-order valence-electron chi connectivity index (χ1n) is 7.91. The van der Waals surface area contributed by atoms with E-state index in [0.717, 1.165) is 0 Å². The molecule has 0 amide bonds. The van der Waals surface area contributed by atoms with E-state index in [9.17, 15) is 19.7 Å². The molecule has 0 aromatic heterocycles. The van der Waals surface area contributed by atoms with Crippen LogP contribution in [0, 0.1) is 10.1 Å². The first kappa shape index (κ1) is 16.9. The number of fused-ring (bicyclic) bond motifs is 1. The third-order valence-corrected chi connectivity index (χ3v) is 4.15. The maximum absolute atomic E-state index is 12.5. The molecule has 1 aliphatic carbocycles. The van der Waals surface area contributed by atoms with E-state index in [1.54, 1.807) is 18.2 Å².